The first kappa shape index (κ1) is 14.0. The van der Waals surface area contributed by atoms with Gasteiger partial charge in [-0.1, -0.05) is 12.1 Å². The molecular weight excluding hydrogens is 307 g/mol. The van der Waals surface area contributed by atoms with Gasteiger partial charge in [-0.25, -0.2) is 8.42 Å². The van der Waals surface area contributed by atoms with Crippen LogP contribution in [0.25, 0.3) is 0 Å². The summed E-state index contributed by atoms with van der Waals surface area (Å²) < 4.78 is 70.5. The van der Waals surface area contributed by atoms with Crippen LogP contribution >= 0.6 is 11.8 Å². The highest BCUT2D eigenvalue weighted by Crippen LogP contribution is 2.33. The fourth-order valence-corrected chi connectivity index (χ4v) is 3.35. The summed E-state index contributed by atoms with van der Waals surface area (Å²) in [6, 6.07) is 5.02. The normalized spacial score (nSPS) is 17.9. The molecule has 10 heteroatoms. The summed E-state index contributed by atoms with van der Waals surface area (Å²) in [6.07, 6.45) is -4.86. The van der Waals surface area contributed by atoms with Crippen molar-refractivity contribution < 1.29 is 31.1 Å². The first-order valence-electron chi connectivity index (χ1n) is 4.73. The molecule has 1 aliphatic rings. The van der Waals surface area contributed by atoms with E-state index in [1.165, 1.54) is 18.2 Å². The molecule has 0 unspecified atom stereocenters. The molecule has 1 aromatic rings. The van der Waals surface area contributed by atoms with E-state index in [2.05, 4.69) is 9.13 Å². The molecule has 0 saturated carbocycles. The Hall–Kier alpha value is -1.42. The maximum Gasteiger partial charge on any atom is 0.573 e. The molecule has 0 amide bonds. The van der Waals surface area contributed by atoms with Crippen molar-refractivity contribution in [3.8, 4) is 11.5 Å². The van der Waals surface area contributed by atoms with E-state index in [9.17, 15) is 21.6 Å². The molecule has 0 fully saturated rings. The topological polar surface area (TPSA) is 65.0 Å². The molecule has 0 bridgehead atoms. The first-order valence-corrected chi connectivity index (χ1v) is 7.33. The van der Waals surface area contributed by atoms with E-state index in [0.29, 0.717) is 0 Å². The van der Waals surface area contributed by atoms with E-state index >= 15 is 0 Å². The van der Waals surface area contributed by atoms with E-state index < -0.39 is 22.1 Å². The van der Waals surface area contributed by atoms with Crippen LogP contribution in [0.15, 0.2) is 28.7 Å². The molecule has 0 radical (unpaired) electrons. The number of thioether (sulfide) groups is 1. The highest BCUT2D eigenvalue weighted by molar-refractivity contribution is 8.24. The maximum atomic E-state index is 12.1. The van der Waals surface area contributed by atoms with Gasteiger partial charge in [0.15, 0.2) is 11.5 Å². The van der Waals surface area contributed by atoms with Crippen molar-refractivity contribution in [2.75, 3.05) is 5.08 Å². The molecule has 19 heavy (non-hydrogen) atoms. The number of nitrogens with zero attached hydrogens (tertiary/aromatic N) is 1. The predicted molar refractivity (Wildman–Crippen MR) is 62.6 cm³/mol. The van der Waals surface area contributed by atoms with Crippen LogP contribution in [0.4, 0.5) is 13.2 Å². The van der Waals surface area contributed by atoms with E-state index in [0.717, 1.165) is 17.8 Å². The average molecular weight is 313 g/mol. The SMILES string of the molecule is O=S1(=O)CSC(Oc2ccccc2OC(F)(F)F)=N1. The Balaban J connectivity index is 2.22. The summed E-state index contributed by atoms with van der Waals surface area (Å²) in [4.78, 5) is 0. The van der Waals surface area contributed by atoms with Crippen LogP contribution in [0.1, 0.15) is 0 Å². The minimum atomic E-state index is -4.86. The Morgan fingerprint density at radius 1 is 1.21 bits per heavy atom. The van der Waals surface area contributed by atoms with E-state index in [-0.39, 0.29) is 16.1 Å². The van der Waals surface area contributed by atoms with Crippen molar-refractivity contribution in [1.82, 2.24) is 0 Å². The van der Waals surface area contributed by atoms with Gasteiger partial charge in [-0.2, -0.15) is 0 Å². The van der Waals surface area contributed by atoms with E-state index in [1.807, 2.05) is 0 Å². The number of hydrogen-bond donors (Lipinski definition) is 0. The summed E-state index contributed by atoms with van der Waals surface area (Å²) in [7, 11) is -3.60. The van der Waals surface area contributed by atoms with E-state index in [1.54, 1.807) is 0 Å². The number of alkyl halides is 3. The molecule has 0 spiro atoms. The number of rotatable bonds is 2. The van der Waals surface area contributed by atoms with Gasteiger partial charge in [0.1, 0.15) is 5.08 Å². The predicted octanol–water partition coefficient (Wildman–Crippen LogP) is 2.35. The molecule has 0 atom stereocenters. The van der Waals surface area contributed by atoms with E-state index in [4.69, 9.17) is 4.74 Å². The highest BCUT2D eigenvalue weighted by atomic mass is 32.3. The van der Waals surface area contributed by atoms with Gasteiger partial charge in [0.05, 0.1) is 0 Å². The second-order valence-corrected chi connectivity index (χ2v) is 6.23. The third kappa shape index (κ3) is 4.03. The maximum absolute atomic E-state index is 12.1. The Morgan fingerprint density at radius 2 is 1.84 bits per heavy atom. The van der Waals surface area contributed by atoms with Crippen LogP contribution in [0.5, 0.6) is 11.5 Å². The van der Waals surface area contributed by atoms with Crippen molar-refractivity contribution in [3.63, 3.8) is 0 Å². The molecule has 0 aliphatic carbocycles. The zero-order valence-corrected chi connectivity index (χ0v) is 10.7. The third-order valence-electron chi connectivity index (χ3n) is 1.82. The molecule has 0 N–H and O–H groups in total. The van der Waals surface area contributed by atoms with Crippen molar-refractivity contribution in [2.24, 2.45) is 4.40 Å². The van der Waals surface area contributed by atoms with Crippen LogP contribution < -0.4 is 9.47 Å². The van der Waals surface area contributed by atoms with Crippen molar-refractivity contribution in [2.45, 2.75) is 6.36 Å². The number of halogens is 3. The standard InChI is InChI=1S/C9H6F3NO4S2/c10-9(11,12)17-7-4-2-1-3-6(7)16-8-13-19(14,15)5-18-8/h1-4H,5H2. The lowest BCUT2D eigenvalue weighted by molar-refractivity contribution is -0.275. The summed E-state index contributed by atoms with van der Waals surface area (Å²) in [6.45, 7) is 0. The monoisotopic (exact) mass is 313 g/mol. The highest BCUT2D eigenvalue weighted by Gasteiger charge is 2.33. The van der Waals surface area contributed by atoms with Crippen molar-refractivity contribution >= 4 is 27.0 Å². The molecule has 104 valence electrons. The minimum Gasteiger partial charge on any atom is -0.429 e. The zero-order chi connectivity index (χ0) is 14.1. The minimum absolute atomic E-state index is 0.238. The van der Waals surface area contributed by atoms with Gasteiger partial charge >= 0.3 is 6.36 Å². The quantitative estimate of drug-likeness (QED) is 0.838. The Kier molecular flexibility index (Phi) is 3.63. The van der Waals surface area contributed by atoms with Gasteiger partial charge < -0.3 is 9.47 Å². The largest absolute Gasteiger partial charge is 0.573 e. The zero-order valence-electron chi connectivity index (χ0n) is 9.05. The van der Waals surface area contributed by atoms with Gasteiger partial charge in [-0.05, 0) is 23.9 Å². The third-order valence-corrected chi connectivity index (χ3v) is 4.46. The summed E-state index contributed by atoms with van der Waals surface area (Å²) >= 11 is 0.774. The van der Waals surface area contributed by atoms with Crippen LogP contribution in [-0.2, 0) is 10.0 Å². The average Bonchev–Trinajstić information content (AvgIpc) is 2.59. The van der Waals surface area contributed by atoms with Gasteiger partial charge in [-0.15, -0.1) is 17.6 Å². The van der Waals surface area contributed by atoms with Gasteiger partial charge in [-0.3, -0.25) is 0 Å². The number of hydrogen-bond acceptors (Lipinski definition) is 5. The fraction of sp³-hybridized carbons (Fsp3) is 0.222. The molecule has 1 aliphatic heterocycles. The summed E-state index contributed by atoms with van der Waals surface area (Å²) in [5.41, 5.74) is 0. The lowest BCUT2D eigenvalue weighted by atomic mass is 10.3. The van der Waals surface area contributed by atoms with Crippen LogP contribution in [0.3, 0.4) is 0 Å². The molecule has 1 heterocycles. The van der Waals surface area contributed by atoms with Gasteiger partial charge in [0.2, 0.25) is 0 Å². The second kappa shape index (κ2) is 4.93. The van der Waals surface area contributed by atoms with Crippen LogP contribution in [-0.4, -0.2) is 25.1 Å². The summed E-state index contributed by atoms with van der Waals surface area (Å²) in [5.74, 6) is -0.828. The molecule has 0 aromatic heterocycles. The lowest BCUT2D eigenvalue weighted by Gasteiger charge is -2.12. The number of para-hydroxylation sites is 2. The lowest BCUT2D eigenvalue weighted by Crippen LogP contribution is -2.18. The van der Waals surface area contributed by atoms with Gasteiger partial charge in [0, 0.05) is 0 Å². The van der Waals surface area contributed by atoms with Crippen LogP contribution in [0.2, 0.25) is 0 Å². The number of ether oxygens (including phenoxy) is 2. The summed E-state index contributed by atoms with van der Waals surface area (Å²) in [5, 5.41) is -0.539. The second-order valence-electron chi connectivity index (χ2n) is 3.30. The molecule has 0 saturated heterocycles. The number of benzene rings is 1. The molecule has 2 rings (SSSR count). The smallest absolute Gasteiger partial charge is 0.429 e. The Morgan fingerprint density at radius 3 is 2.37 bits per heavy atom. The molecule has 1 aromatic carbocycles. The first-order chi connectivity index (χ1) is 8.75. The number of sulfonamides is 1. The molecule has 5 nitrogen and oxygen atoms in total. The Bertz CT molecular complexity index is 612. The van der Waals surface area contributed by atoms with Crippen molar-refractivity contribution in [3.05, 3.63) is 24.3 Å². The van der Waals surface area contributed by atoms with Crippen molar-refractivity contribution in [1.29, 1.82) is 0 Å². The Labute approximate surface area is 110 Å². The van der Waals surface area contributed by atoms with Gasteiger partial charge in [0.25, 0.3) is 15.3 Å². The molecular formula is C9H6F3NO4S2. The fourth-order valence-electron chi connectivity index (χ4n) is 1.18. The van der Waals surface area contributed by atoms with Crippen LogP contribution in [0, 0.1) is 0 Å².